The van der Waals surface area contributed by atoms with Crippen LogP contribution in [0, 0.1) is 0 Å². The van der Waals surface area contributed by atoms with Gasteiger partial charge in [0.2, 0.25) is 0 Å². The lowest BCUT2D eigenvalue weighted by molar-refractivity contribution is 0.203. The van der Waals surface area contributed by atoms with Crippen molar-refractivity contribution >= 4 is 17.4 Å². The van der Waals surface area contributed by atoms with E-state index in [0.29, 0.717) is 13.1 Å². The minimum atomic E-state index is -0.107. The predicted octanol–water partition coefficient (Wildman–Crippen LogP) is 3.42. The van der Waals surface area contributed by atoms with Crippen molar-refractivity contribution < 1.29 is 9.21 Å². The summed E-state index contributed by atoms with van der Waals surface area (Å²) in [4.78, 5) is 18.2. The Morgan fingerprint density at radius 2 is 2.23 bits per heavy atom. The van der Waals surface area contributed by atoms with E-state index in [9.17, 15) is 4.79 Å². The van der Waals surface area contributed by atoms with Gasteiger partial charge in [0.05, 0.1) is 23.5 Å². The Morgan fingerprint density at radius 1 is 1.45 bits per heavy atom. The summed E-state index contributed by atoms with van der Waals surface area (Å²) >= 11 is 1.65. The van der Waals surface area contributed by atoms with Gasteiger partial charge in [-0.25, -0.2) is 9.78 Å². The molecular formula is C16H23N3O2S. The summed E-state index contributed by atoms with van der Waals surface area (Å²) in [5, 5.41) is 6.06. The number of aromatic nitrogens is 1. The minimum Gasteiger partial charge on any atom is -0.467 e. The van der Waals surface area contributed by atoms with Crippen LogP contribution in [0.3, 0.4) is 0 Å². The Morgan fingerprint density at radius 3 is 2.82 bits per heavy atom. The van der Waals surface area contributed by atoms with Crippen LogP contribution in [-0.4, -0.2) is 29.5 Å². The number of carbonyl (C=O) groups excluding carboxylic acids is 1. The van der Waals surface area contributed by atoms with E-state index in [4.69, 9.17) is 4.42 Å². The van der Waals surface area contributed by atoms with Gasteiger partial charge in [-0.05, 0) is 12.1 Å². The van der Waals surface area contributed by atoms with Gasteiger partial charge in [0.25, 0.3) is 0 Å². The number of rotatable bonds is 5. The molecule has 0 saturated heterocycles. The van der Waals surface area contributed by atoms with Gasteiger partial charge >= 0.3 is 6.03 Å². The van der Waals surface area contributed by atoms with Crippen LogP contribution < -0.4 is 5.32 Å². The van der Waals surface area contributed by atoms with E-state index >= 15 is 0 Å². The Hall–Kier alpha value is -1.82. The SMILES string of the molecule is CN(Cc1ccco1)C(=O)NCCc1nc(C(C)(C)C)cs1. The predicted molar refractivity (Wildman–Crippen MR) is 88.1 cm³/mol. The largest absolute Gasteiger partial charge is 0.467 e. The molecule has 2 aromatic heterocycles. The van der Waals surface area contributed by atoms with Crippen LogP contribution in [0.5, 0.6) is 0 Å². The Kier molecular flexibility index (Phi) is 5.24. The lowest BCUT2D eigenvalue weighted by Gasteiger charge is -2.16. The second kappa shape index (κ2) is 6.96. The van der Waals surface area contributed by atoms with Gasteiger partial charge in [0.15, 0.2) is 0 Å². The fourth-order valence-electron chi connectivity index (χ4n) is 1.89. The average Bonchev–Trinajstić information content (AvgIpc) is 3.08. The van der Waals surface area contributed by atoms with Crippen LogP contribution in [0.15, 0.2) is 28.2 Å². The van der Waals surface area contributed by atoms with Gasteiger partial charge in [-0.3, -0.25) is 0 Å². The van der Waals surface area contributed by atoms with Crippen LogP contribution in [0.25, 0.3) is 0 Å². The third-order valence-electron chi connectivity index (χ3n) is 3.26. The zero-order chi connectivity index (χ0) is 16.2. The van der Waals surface area contributed by atoms with Crippen molar-refractivity contribution in [1.29, 1.82) is 0 Å². The van der Waals surface area contributed by atoms with Crippen molar-refractivity contribution in [3.05, 3.63) is 40.2 Å². The minimum absolute atomic E-state index is 0.0707. The van der Waals surface area contributed by atoms with Gasteiger partial charge < -0.3 is 14.6 Å². The molecule has 6 heteroatoms. The van der Waals surface area contributed by atoms with Crippen LogP contribution in [0.2, 0.25) is 0 Å². The summed E-state index contributed by atoms with van der Waals surface area (Å²) in [6.07, 6.45) is 2.36. The smallest absolute Gasteiger partial charge is 0.317 e. The van der Waals surface area contributed by atoms with E-state index < -0.39 is 0 Å². The molecule has 0 aliphatic carbocycles. The molecule has 0 fully saturated rings. The van der Waals surface area contributed by atoms with E-state index in [2.05, 4.69) is 36.5 Å². The summed E-state index contributed by atoms with van der Waals surface area (Å²) in [6, 6.07) is 3.56. The van der Waals surface area contributed by atoms with E-state index in [-0.39, 0.29) is 11.4 Å². The lowest BCUT2D eigenvalue weighted by Crippen LogP contribution is -2.37. The first-order valence-corrected chi connectivity index (χ1v) is 8.20. The first-order chi connectivity index (χ1) is 10.4. The van der Waals surface area contributed by atoms with E-state index in [1.165, 1.54) is 0 Å². The maximum absolute atomic E-state index is 12.0. The monoisotopic (exact) mass is 321 g/mol. The number of nitrogens with one attached hydrogen (secondary N) is 1. The third-order valence-corrected chi connectivity index (χ3v) is 4.16. The highest BCUT2D eigenvalue weighted by atomic mass is 32.1. The molecule has 0 unspecified atom stereocenters. The van der Waals surface area contributed by atoms with Gasteiger partial charge in [-0.15, -0.1) is 11.3 Å². The molecule has 0 aliphatic heterocycles. The standard InChI is InChI=1S/C16H23N3O2S/c1-16(2,3)13-11-22-14(18-13)7-8-17-15(20)19(4)10-12-6-5-9-21-12/h5-6,9,11H,7-8,10H2,1-4H3,(H,17,20). The zero-order valence-corrected chi connectivity index (χ0v) is 14.4. The normalized spacial score (nSPS) is 11.5. The number of hydrogen-bond donors (Lipinski definition) is 1. The Bertz CT molecular complexity index is 599. The highest BCUT2D eigenvalue weighted by Crippen LogP contribution is 2.23. The number of carbonyl (C=O) groups is 1. The molecule has 5 nitrogen and oxygen atoms in total. The van der Waals surface area contributed by atoms with E-state index in [1.807, 2.05) is 12.1 Å². The Labute approximate surface area is 135 Å². The first kappa shape index (κ1) is 16.5. The molecule has 0 aliphatic rings. The molecule has 0 bridgehead atoms. The van der Waals surface area contributed by atoms with Crippen molar-refractivity contribution in [1.82, 2.24) is 15.2 Å². The molecule has 2 rings (SSSR count). The zero-order valence-electron chi connectivity index (χ0n) is 13.5. The number of amides is 2. The van der Waals surface area contributed by atoms with Gasteiger partial charge in [0, 0.05) is 30.8 Å². The van der Waals surface area contributed by atoms with Gasteiger partial charge in [0.1, 0.15) is 5.76 Å². The highest BCUT2D eigenvalue weighted by molar-refractivity contribution is 7.09. The topological polar surface area (TPSA) is 58.4 Å². The lowest BCUT2D eigenvalue weighted by atomic mass is 9.93. The van der Waals surface area contributed by atoms with Crippen molar-refractivity contribution in [2.45, 2.75) is 39.2 Å². The number of thiazole rings is 1. The summed E-state index contributed by atoms with van der Waals surface area (Å²) in [7, 11) is 1.75. The number of hydrogen-bond acceptors (Lipinski definition) is 4. The van der Waals surface area contributed by atoms with Gasteiger partial charge in [-0.2, -0.15) is 0 Å². The summed E-state index contributed by atoms with van der Waals surface area (Å²) in [5.74, 6) is 0.771. The molecule has 0 atom stereocenters. The molecule has 0 aromatic carbocycles. The van der Waals surface area contributed by atoms with Gasteiger partial charge in [-0.1, -0.05) is 20.8 Å². The molecule has 0 spiro atoms. The molecule has 2 heterocycles. The highest BCUT2D eigenvalue weighted by Gasteiger charge is 2.17. The number of furan rings is 1. The molecule has 2 aromatic rings. The summed E-state index contributed by atoms with van der Waals surface area (Å²) in [6.45, 7) is 7.49. The van der Waals surface area contributed by atoms with Crippen molar-refractivity contribution in [2.24, 2.45) is 0 Å². The molecule has 0 saturated carbocycles. The molecule has 120 valence electrons. The van der Waals surface area contributed by atoms with Crippen molar-refractivity contribution in [2.75, 3.05) is 13.6 Å². The van der Waals surface area contributed by atoms with Crippen LogP contribution in [0.4, 0.5) is 4.79 Å². The second-order valence-electron chi connectivity index (χ2n) is 6.29. The molecule has 2 amide bonds. The fraction of sp³-hybridized carbons (Fsp3) is 0.500. The maximum atomic E-state index is 12.0. The van der Waals surface area contributed by atoms with Crippen molar-refractivity contribution in [3.8, 4) is 0 Å². The average molecular weight is 321 g/mol. The van der Waals surface area contributed by atoms with E-state index in [0.717, 1.165) is 22.9 Å². The number of urea groups is 1. The first-order valence-electron chi connectivity index (χ1n) is 7.32. The quantitative estimate of drug-likeness (QED) is 0.918. The van der Waals surface area contributed by atoms with Crippen LogP contribution in [-0.2, 0) is 18.4 Å². The molecular weight excluding hydrogens is 298 g/mol. The Balaban J connectivity index is 1.76. The fourth-order valence-corrected chi connectivity index (χ4v) is 2.91. The molecule has 1 N–H and O–H groups in total. The third kappa shape index (κ3) is 4.59. The second-order valence-corrected chi connectivity index (χ2v) is 7.24. The summed E-state index contributed by atoms with van der Waals surface area (Å²) < 4.78 is 5.23. The summed E-state index contributed by atoms with van der Waals surface area (Å²) in [5.41, 5.74) is 1.18. The van der Waals surface area contributed by atoms with E-state index in [1.54, 1.807) is 29.5 Å². The maximum Gasteiger partial charge on any atom is 0.317 e. The number of nitrogens with zero attached hydrogens (tertiary/aromatic N) is 2. The van der Waals surface area contributed by atoms with Crippen molar-refractivity contribution in [3.63, 3.8) is 0 Å². The molecule has 0 radical (unpaired) electrons. The van der Waals surface area contributed by atoms with Crippen LogP contribution >= 0.6 is 11.3 Å². The van der Waals surface area contributed by atoms with Crippen LogP contribution in [0.1, 0.15) is 37.2 Å². The molecule has 22 heavy (non-hydrogen) atoms.